The van der Waals surface area contributed by atoms with Crippen molar-refractivity contribution >= 4 is 52.2 Å². The van der Waals surface area contributed by atoms with E-state index in [1.165, 1.54) is 7.11 Å². The molecule has 1 aliphatic rings. The number of thioether (sulfide) groups is 1. The standard InChI is InChI=1S/C18H19NO7S2/c1-10(2)26-16(22)9-25-12-5-4-11(6-13(12)24-3)7-14-17(23)19(8-15(20)21)18(27)28-14/h4-7,10H,8-9H2,1-3H3,(H,20,21)/b14-7+. The summed E-state index contributed by atoms with van der Waals surface area (Å²) in [6, 6.07) is 4.91. The van der Waals surface area contributed by atoms with Crippen LogP contribution in [0, 0.1) is 0 Å². The molecule has 0 atom stereocenters. The summed E-state index contributed by atoms with van der Waals surface area (Å²) in [6.07, 6.45) is 1.35. The van der Waals surface area contributed by atoms with Crippen LogP contribution in [0.25, 0.3) is 6.08 Å². The second-order valence-corrected chi connectivity index (χ2v) is 7.57. The number of amides is 1. The molecule has 0 bridgehead atoms. The molecule has 1 aromatic rings. The molecular formula is C18H19NO7S2. The number of benzene rings is 1. The molecule has 0 aliphatic carbocycles. The molecule has 1 heterocycles. The van der Waals surface area contributed by atoms with Crippen LogP contribution < -0.4 is 9.47 Å². The second-order valence-electron chi connectivity index (χ2n) is 5.90. The number of carboxylic acids is 1. The van der Waals surface area contributed by atoms with Gasteiger partial charge in [0.25, 0.3) is 5.91 Å². The third-order valence-corrected chi connectivity index (χ3v) is 4.74. The summed E-state index contributed by atoms with van der Waals surface area (Å²) >= 11 is 6.09. The van der Waals surface area contributed by atoms with Crippen LogP contribution in [0.5, 0.6) is 11.5 Å². The Labute approximate surface area is 171 Å². The van der Waals surface area contributed by atoms with Crippen LogP contribution >= 0.6 is 24.0 Å². The van der Waals surface area contributed by atoms with Crippen LogP contribution in [0.2, 0.25) is 0 Å². The lowest BCUT2D eigenvalue weighted by molar-refractivity contribution is -0.149. The predicted molar refractivity (Wildman–Crippen MR) is 107 cm³/mol. The maximum atomic E-state index is 12.3. The maximum absolute atomic E-state index is 12.3. The van der Waals surface area contributed by atoms with Crippen LogP contribution in [-0.2, 0) is 19.1 Å². The predicted octanol–water partition coefficient (Wildman–Crippen LogP) is 2.31. The van der Waals surface area contributed by atoms with E-state index in [4.69, 9.17) is 31.5 Å². The zero-order valence-electron chi connectivity index (χ0n) is 15.5. The van der Waals surface area contributed by atoms with Crippen molar-refractivity contribution in [3.05, 3.63) is 28.7 Å². The fourth-order valence-electron chi connectivity index (χ4n) is 2.25. The zero-order valence-corrected chi connectivity index (χ0v) is 17.1. The number of ether oxygens (including phenoxy) is 3. The van der Waals surface area contributed by atoms with Crippen LogP contribution in [0.15, 0.2) is 23.1 Å². The summed E-state index contributed by atoms with van der Waals surface area (Å²) in [4.78, 5) is 36.1. The van der Waals surface area contributed by atoms with Gasteiger partial charge in [-0.05, 0) is 37.6 Å². The molecule has 1 saturated heterocycles. The number of thiocarbonyl (C=S) groups is 1. The van der Waals surface area contributed by atoms with E-state index in [1.807, 2.05) is 0 Å². The Morgan fingerprint density at radius 1 is 1.32 bits per heavy atom. The topological polar surface area (TPSA) is 102 Å². The molecule has 1 aromatic carbocycles. The van der Waals surface area contributed by atoms with Gasteiger partial charge in [0.15, 0.2) is 18.1 Å². The van der Waals surface area contributed by atoms with Crippen molar-refractivity contribution in [3.63, 3.8) is 0 Å². The number of nitrogens with zero attached hydrogens (tertiary/aromatic N) is 1. The monoisotopic (exact) mass is 425 g/mol. The summed E-state index contributed by atoms with van der Waals surface area (Å²) in [7, 11) is 1.45. The van der Waals surface area contributed by atoms with Gasteiger partial charge in [-0.15, -0.1) is 0 Å². The number of methoxy groups -OCH3 is 1. The fraction of sp³-hybridized carbons (Fsp3) is 0.333. The van der Waals surface area contributed by atoms with Crippen LogP contribution in [0.3, 0.4) is 0 Å². The lowest BCUT2D eigenvalue weighted by Crippen LogP contribution is -2.33. The molecule has 8 nitrogen and oxygen atoms in total. The van der Waals surface area contributed by atoms with E-state index in [9.17, 15) is 14.4 Å². The van der Waals surface area contributed by atoms with Crippen molar-refractivity contribution in [1.29, 1.82) is 0 Å². The van der Waals surface area contributed by atoms with Crippen molar-refractivity contribution in [1.82, 2.24) is 4.90 Å². The van der Waals surface area contributed by atoms with Crippen LogP contribution in [0.1, 0.15) is 19.4 Å². The van der Waals surface area contributed by atoms with Gasteiger partial charge in [0, 0.05) is 0 Å². The van der Waals surface area contributed by atoms with Gasteiger partial charge < -0.3 is 19.3 Å². The Kier molecular flexibility index (Phi) is 7.41. The van der Waals surface area contributed by atoms with Gasteiger partial charge in [-0.25, -0.2) is 4.79 Å². The van der Waals surface area contributed by atoms with E-state index in [0.29, 0.717) is 22.0 Å². The molecule has 1 amide bonds. The average Bonchev–Trinajstić information content (AvgIpc) is 2.87. The SMILES string of the molecule is COc1cc(/C=C2/SC(=S)N(CC(=O)O)C2=O)ccc1OCC(=O)OC(C)C. The summed E-state index contributed by atoms with van der Waals surface area (Å²) in [5.41, 5.74) is 0.629. The minimum atomic E-state index is -1.14. The van der Waals surface area contributed by atoms with E-state index in [1.54, 1.807) is 38.1 Å². The molecule has 0 aromatic heterocycles. The van der Waals surface area contributed by atoms with Gasteiger partial charge in [-0.1, -0.05) is 30.0 Å². The normalized spacial score (nSPS) is 15.3. The third-order valence-electron chi connectivity index (χ3n) is 3.37. The molecule has 1 aliphatic heterocycles. The van der Waals surface area contributed by atoms with E-state index >= 15 is 0 Å². The fourth-order valence-corrected chi connectivity index (χ4v) is 3.50. The Bertz CT molecular complexity index is 835. The molecule has 2 rings (SSSR count). The number of hydrogen-bond acceptors (Lipinski definition) is 8. The molecule has 0 radical (unpaired) electrons. The first-order valence-corrected chi connectivity index (χ1v) is 9.41. The quantitative estimate of drug-likeness (QED) is 0.382. The molecule has 0 unspecified atom stereocenters. The Morgan fingerprint density at radius 2 is 2.04 bits per heavy atom. The zero-order chi connectivity index (χ0) is 20.8. The van der Waals surface area contributed by atoms with Gasteiger partial charge in [-0.2, -0.15) is 0 Å². The minimum absolute atomic E-state index is 0.189. The van der Waals surface area contributed by atoms with Crippen LogP contribution in [0.4, 0.5) is 0 Å². The van der Waals surface area contributed by atoms with Gasteiger partial charge in [-0.3, -0.25) is 14.5 Å². The highest BCUT2D eigenvalue weighted by Gasteiger charge is 2.33. The smallest absolute Gasteiger partial charge is 0.344 e. The second kappa shape index (κ2) is 9.56. The van der Waals surface area contributed by atoms with Crippen molar-refractivity contribution in [2.24, 2.45) is 0 Å². The number of aliphatic carboxylic acids is 1. The third kappa shape index (κ3) is 5.70. The van der Waals surface area contributed by atoms with E-state index in [0.717, 1.165) is 16.7 Å². The first-order valence-electron chi connectivity index (χ1n) is 8.18. The number of carbonyl (C=O) groups is 3. The summed E-state index contributed by atoms with van der Waals surface area (Å²) in [5, 5.41) is 8.88. The van der Waals surface area contributed by atoms with Gasteiger partial charge in [0.2, 0.25) is 0 Å². The Balaban J connectivity index is 2.14. The van der Waals surface area contributed by atoms with Crippen LogP contribution in [-0.4, -0.2) is 58.5 Å². The van der Waals surface area contributed by atoms with Crippen molar-refractivity contribution in [2.75, 3.05) is 20.3 Å². The number of carbonyl (C=O) groups excluding carboxylic acids is 2. The van der Waals surface area contributed by atoms with Crippen molar-refractivity contribution in [2.45, 2.75) is 20.0 Å². The Hall–Kier alpha value is -2.59. The molecule has 150 valence electrons. The minimum Gasteiger partial charge on any atom is -0.493 e. The summed E-state index contributed by atoms with van der Waals surface area (Å²) in [6.45, 7) is 2.74. The number of hydrogen-bond donors (Lipinski definition) is 1. The van der Waals surface area contributed by atoms with Crippen molar-refractivity contribution in [3.8, 4) is 11.5 Å². The highest BCUT2D eigenvalue weighted by Crippen LogP contribution is 2.34. The molecule has 28 heavy (non-hydrogen) atoms. The van der Waals surface area contributed by atoms with Crippen molar-refractivity contribution < 1.29 is 33.7 Å². The lowest BCUT2D eigenvalue weighted by atomic mass is 10.2. The van der Waals surface area contributed by atoms with Gasteiger partial charge in [0.1, 0.15) is 10.9 Å². The molecule has 1 fully saturated rings. The largest absolute Gasteiger partial charge is 0.493 e. The maximum Gasteiger partial charge on any atom is 0.344 e. The van der Waals surface area contributed by atoms with Gasteiger partial charge in [0.05, 0.1) is 18.1 Å². The number of rotatable bonds is 8. The highest BCUT2D eigenvalue weighted by atomic mass is 32.2. The number of carboxylic acid groups (broad SMARTS) is 1. The van der Waals surface area contributed by atoms with E-state index < -0.39 is 24.4 Å². The average molecular weight is 425 g/mol. The van der Waals surface area contributed by atoms with Gasteiger partial charge >= 0.3 is 11.9 Å². The molecule has 1 N–H and O–H groups in total. The number of esters is 1. The Morgan fingerprint density at radius 3 is 2.64 bits per heavy atom. The first-order chi connectivity index (χ1) is 13.2. The highest BCUT2D eigenvalue weighted by molar-refractivity contribution is 8.26. The first kappa shape index (κ1) is 21.7. The lowest BCUT2D eigenvalue weighted by Gasteiger charge is -2.12. The summed E-state index contributed by atoms with van der Waals surface area (Å²) in [5.74, 6) is -1.39. The molecule has 10 heteroatoms. The van der Waals surface area contributed by atoms with E-state index in [-0.39, 0.29) is 17.0 Å². The summed E-state index contributed by atoms with van der Waals surface area (Å²) < 4.78 is 15.9. The molecule has 0 spiro atoms. The molecular weight excluding hydrogens is 406 g/mol. The van der Waals surface area contributed by atoms with E-state index in [2.05, 4.69) is 0 Å². The molecule has 0 saturated carbocycles.